The van der Waals surface area contributed by atoms with Gasteiger partial charge in [0.15, 0.2) is 0 Å². The van der Waals surface area contributed by atoms with Crippen LogP contribution in [0.1, 0.15) is 16.8 Å². The fourth-order valence-corrected chi connectivity index (χ4v) is 3.37. The molecule has 2 aliphatic heterocycles. The van der Waals surface area contributed by atoms with Gasteiger partial charge in [0.1, 0.15) is 0 Å². The molecule has 1 aromatic rings. The first kappa shape index (κ1) is 16.2. The summed E-state index contributed by atoms with van der Waals surface area (Å²) in [7, 11) is 1.71. The number of nitrogens with one attached hydrogen (secondary N) is 1. The number of rotatable bonds is 5. The second-order valence-electron chi connectivity index (χ2n) is 6.01. The molecule has 0 saturated carbocycles. The minimum absolute atomic E-state index is 0.0530. The van der Waals surface area contributed by atoms with Gasteiger partial charge in [0, 0.05) is 57.7 Å². The Hall–Kier alpha value is -1.70. The normalized spacial score (nSPS) is 24.7. The van der Waals surface area contributed by atoms with Gasteiger partial charge >= 0.3 is 0 Å². The molecule has 1 N–H and O–H groups in total. The summed E-state index contributed by atoms with van der Waals surface area (Å²) in [5.41, 5.74) is 0.170. The van der Waals surface area contributed by atoms with Crippen molar-refractivity contribution in [1.82, 2.24) is 14.8 Å². The van der Waals surface area contributed by atoms with Crippen LogP contribution in [0.15, 0.2) is 23.1 Å². The summed E-state index contributed by atoms with van der Waals surface area (Å²) in [6.45, 7) is 4.50. The molecular formula is C16H23N3O4. The Kier molecular flexibility index (Phi) is 5.09. The molecule has 2 aliphatic rings. The van der Waals surface area contributed by atoms with Crippen LogP contribution in [0.5, 0.6) is 0 Å². The van der Waals surface area contributed by atoms with Crippen molar-refractivity contribution >= 4 is 5.91 Å². The van der Waals surface area contributed by atoms with Gasteiger partial charge in [-0.15, -0.1) is 0 Å². The van der Waals surface area contributed by atoms with E-state index in [1.54, 1.807) is 18.1 Å². The summed E-state index contributed by atoms with van der Waals surface area (Å²) in [5, 5.41) is 0. The molecule has 0 aliphatic carbocycles. The van der Waals surface area contributed by atoms with Crippen LogP contribution in [-0.2, 0) is 9.47 Å². The molecule has 1 aromatic heterocycles. The molecule has 2 atom stereocenters. The van der Waals surface area contributed by atoms with Gasteiger partial charge < -0.3 is 19.4 Å². The third-order valence-electron chi connectivity index (χ3n) is 4.52. The monoisotopic (exact) mass is 321 g/mol. The highest BCUT2D eigenvalue weighted by Gasteiger charge is 2.41. The second kappa shape index (κ2) is 7.25. The predicted molar refractivity (Wildman–Crippen MR) is 84.6 cm³/mol. The molecular weight excluding hydrogens is 298 g/mol. The first-order valence-corrected chi connectivity index (χ1v) is 8.01. The fraction of sp³-hybridized carbons (Fsp3) is 0.625. The minimum Gasteiger partial charge on any atom is -0.385 e. The Labute approximate surface area is 135 Å². The summed E-state index contributed by atoms with van der Waals surface area (Å²) >= 11 is 0. The van der Waals surface area contributed by atoms with Crippen molar-refractivity contribution in [2.45, 2.75) is 18.6 Å². The number of fused-ring (bicyclic) bond motifs is 1. The van der Waals surface area contributed by atoms with E-state index in [0.29, 0.717) is 25.3 Å². The Morgan fingerprint density at radius 3 is 3.13 bits per heavy atom. The number of hydrogen-bond donors (Lipinski definition) is 1. The maximum absolute atomic E-state index is 12.6. The number of likely N-dealkylation sites (tertiary alicyclic amines) is 1. The van der Waals surface area contributed by atoms with Crippen LogP contribution < -0.4 is 5.56 Å². The topological polar surface area (TPSA) is 74.9 Å². The number of hydrogen-bond acceptors (Lipinski definition) is 5. The molecule has 0 unspecified atom stereocenters. The Morgan fingerprint density at radius 1 is 1.48 bits per heavy atom. The maximum Gasteiger partial charge on any atom is 0.254 e. The van der Waals surface area contributed by atoms with Gasteiger partial charge in [-0.1, -0.05) is 0 Å². The van der Waals surface area contributed by atoms with Crippen LogP contribution in [0.4, 0.5) is 0 Å². The average Bonchev–Trinajstić information content (AvgIpc) is 2.99. The van der Waals surface area contributed by atoms with Crippen LogP contribution >= 0.6 is 0 Å². The number of nitrogens with zero attached hydrogens (tertiary/aromatic N) is 2. The Morgan fingerprint density at radius 2 is 2.35 bits per heavy atom. The molecule has 7 nitrogen and oxygen atoms in total. The van der Waals surface area contributed by atoms with E-state index < -0.39 is 0 Å². The molecule has 0 aromatic carbocycles. The molecule has 3 heterocycles. The van der Waals surface area contributed by atoms with Gasteiger partial charge in [-0.25, -0.2) is 0 Å². The van der Waals surface area contributed by atoms with E-state index >= 15 is 0 Å². The summed E-state index contributed by atoms with van der Waals surface area (Å²) in [6.07, 6.45) is 2.53. The lowest BCUT2D eigenvalue weighted by Gasteiger charge is -2.36. The van der Waals surface area contributed by atoms with Gasteiger partial charge in [0.25, 0.3) is 5.91 Å². The quantitative estimate of drug-likeness (QED) is 0.769. The molecule has 1 amide bonds. The number of carbonyl (C=O) groups excluding carboxylic acids is 1. The van der Waals surface area contributed by atoms with E-state index in [0.717, 1.165) is 26.1 Å². The maximum atomic E-state index is 12.6. The number of H-pyrrole nitrogens is 1. The molecule has 0 bridgehead atoms. The van der Waals surface area contributed by atoms with Gasteiger partial charge in [-0.05, 0) is 12.5 Å². The zero-order chi connectivity index (χ0) is 16.2. The smallest absolute Gasteiger partial charge is 0.254 e. The van der Waals surface area contributed by atoms with Gasteiger partial charge in [0.05, 0.1) is 18.8 Å². The average molecular weight is 321 g/mol. The number of ether oxygens (including phenoxy) is 2. The first-order chi connectivity index (χ1) is 11.2. The van der Waals surface area contributed by atoms with Crippen molar-refractivity contribution < 1.29 is 14.3 Å². The largest absolute Gasteiger partial charge is 0.385 e. The van der Waals surface area contributed by atoms with Crippen molar-refractivity contribution in [3.8, 4) is 0 Å². The predicted octanol–water partition coefficient (Wildman–Crippen LogP) is -0.0634. The van der Waals surface area contributed by atoms with Gasteiger partial charge in [-0.3, -0.25) is 14.5 Å². The molecule has 2 fully saturated rings. The fourth-order valence-electron chi connectivity index (χ4n) is 3.37. The molecule has 23 heavy (non-hydrogen) atoms. The van der Waals surface area contributed by atoms with Crippen LogP contribution in [0.25, 0.3) is 0 Å². The number of carbonyl (C=O) groups is 1. The van der Waals surface area contributed by atoms with Gasteiger partial charge in [-0.2, -0.15) is 0 Å². The summed E-state index contributed by atoms with van der Waals surface area (Å²) in [6, 6.07) is 3.22. The summed E-state index contributed by atoms with van der Waals surface area (Å²) in [5.74, 6) is -0.106. The standard InChI is InChI=1S/C16H23N3O4/c1-22-7-2-5-18-6-8-23-14-11-19(10-13(14)18)16(21)12-3-4-17-15(20)9-12/h3-4,9,13-14H,2,5-8,10-11H2,1H3,(H,17,20)/t13-,14-/m0/s1. The van der Waals surface area contributed by atoms with Crippen LogP contribution in [0.3, 0.4) is 0 Å². The van der Waals surface area contributed by atoms with E-state index in [4.69, 9.17) is 9.47 Å². The van der Waals surface area contributed by atoms with E-state index in [-0.39, 0.29) is 23.6 Å². The minimum atomic E-state index is -0.259. The number of amides is 1. The number of aromatic amines is 1. The van der Waals surface area contributed by atoms with Crippen LogP contribution in [-0.4, -0.2) is 79.3 Å². The molecule has 7 heteroatoms. The van der Waals surface area contributed by atoms with Crippen molar-refractivity contribution in [3.05, 3.63) is 34.2 Å². The van der Waals surface area contributed by atoms with Crippen molar-refractivity contribution in [2.24, 2.45) is 0 Å². The SMILES string of the molecule is COCCCN1CCO[C@H]2CN(C(=O)c3cc[nH]c(=O)c3)C[C@@H]21. The van der Waals surface area contributed by atoms with Crippen molar-refractivity contribution in [3.63, 3.8) is 0 Å². The lowest BCUT2D eigenvalue weighted by molar-refractivity contribution is -0.0487. The molecule has 0 radical (unpaired) electrons. The van der Waals surface area contributed by atoms with Crippen LogP contribution in [0, 0.1) is 0 Å². The number of aromatic nitrogens is 1. The van der Waals surface area contributed by atoms with E-state index in [9.17, 15) is 9.59 Å². The third-order valence-corrected chi connectivity index (χ3v) is 4.52. The molecule has 0 spiro atoms. The number of pyridine rings is 1. The highest BCUT2D eigenvalue weighted by atomic mass is 16.5. The van der Waals surface area contributed by atoms with Gasteiger partial charge in [0.2, 0.25) is 5.56 Å². The first-order valence-electron chi connectivity index (χ1n) is 8.01. The molecule has 3 rings (SSSR count). The summed E-state index contributed by atoms with van der Waals surface area (Å²) in [4.78, 5) is 30.7. The third kappa shape index (κ3) is 3.63. The highest BCUT2D eigenvalue weighted by Crippen LogP contribution is 2.24. The van der Waals surface area contributed by atoms with E-state index in [2.05, 4.69) is 9.88 Å². The van der Waals surface area contributed by atoms with Crippen LogP contribution in [0.2, 0.25) is 0 Å². The zero-order valence-corrected chi connectivity index (χ0v) is 13.4. The zero-order valence-electron chi connectivity index (χ0n) is 13.4. The molecule has 2 saturated heterocycles. The highest BCUT2D eigenvalue weighted by molar-refractivity contribution is 5.94. The lowest BCUT2D eigenvalue weighted by Crippen LogP contribution is -2.51. The second-order valence-corrected chi connectivity index (χ2v) is 6.01. The van der Waals surface area contributed by atoms with Crippen molar-refractivity contribution in [2.75, 3.05) is 46.5 Å². The Balaban J connectivity index is 1.66. The Bertz CT molecular complexity index is 603. The summed E-state index contributed by atoms with van der Waals surface area (Å²) < 4.78 is 11.0. The number of methoxy groups -OCH3 is 1. The van der Waals surface area contributed by atoms with E-state index in [1.807, 2.05) is 0 Å². The van der Waals surface area contributed by atoms with Crippen molar-refractivity contribution in [1.29, 1.82) is 0 Å². The lowest BCUT2D eigenvalue weighted by atomic mass is 10.1. The van der Waals surface area contributed by atoms with E-state index in [1.165, 1.54) is 12.3 Å². The molecule has 126 valence electrons. The number of morpholine rings is 1.